The molecule has 0 heterocycles. The molecule has 27 heavy (non-hydrogen) atoms. The minimum absolute atomic E-state index is 0.0186. The van der Waals surface area contributed by atoms with E-state index in [0.717, 1.165) is 38.4 Å². The Kier molecular flexibility index (Phi) is 15.3. The lowest BCUT2D eigenvalue weighted by Gasteiger charge is -1.96. The van der Waals surface area contributed by atoms with Crippen LogP contribution in [0.25, 0.3) is 0 Å². The summed E-state index contributed by atoms with van der Waals surface area (Å²) in [5.74, 6) is 0. The molecule has 0 saturated heterocycles. The Balaban J connectivity index is 4.20. The van der Waals surface area contributed by atoms with Crippen molar-refractivity contribution in [2.45, 2.75) is 71.1 Å². The molecule has 0 bridgehead atoms. The molecule has 0 amide bonds. The van der Waals surface area contributed by atoms with Gasteiger partial charge in [-0.1, -0.05) is 44.1 Å². The zero-order valence-corrected chi connectivity index (χ0v) is 16.0. The minimum atomic E-state index is -0.500. The molecule has 0 spiro atoms. The molecule has 0 fully saturated rings. The lowest BCUT2D eigenvalue weighted by Crippen LogP contribution is -2.01. The summed E-state index contributed by atoms with van der Waals surface area (Å²) in [5, 5.41) is 21.9. The normalized spacial score (nSPS) is 12.8. The van der Waals surface area contributed by atoms with E-state index in [4.69, 9.17) is 0 Å². The summed E-state index contributed by atoms with van der Waals surface area (Å²) in [7, 11) is 0. The maximum atomic E-state index is 11.1. The number of carbonyl (C=O) groups excluding carboxylic acids is 1. The molecule has 7 nitrogen and oxygen atoms in total. The van der Waals surface area contributed by atoms with Crippen LogP contribution in [0.15, 0.2) is 47.9 Å². The molecule has 0 saturated carbocycles. The van der Waals surface area contributed by atoms with Gasteiger partial charge in [0, 0.05) is 6.42 Å². The summed E-state index contributed by atoms with van der Waals surface area (Å²) in [4.78, 5) is 31.1. The Bertz CT molecular complexity index is 577. The maximum Gasteiger partial charge on any atom is 0.246 e. The van der Waals surface area contributed by atoms with Gasteiger partial charge in [0.25, 0.3) is 0 Å². The lowest BCUT2D eigenvalue weighted by molar-refractivity contribution is -0.431. The van der Waals surface area contributed by atoms with Crippen molar-refractivity contribution in [2.75, 3.05) is 0 Å². The van der Waals surface area contributed by atoms with E-state index in [0.29, 0.717) is 19.3 Å². The molecule has 0 aromatic carbocycles. The van der Waals surface area contributed by atoms with Crippen LogP contribution in [0.3, 0.4) is 0 Å². The molecule has 7 heteroatoms. The Hall–Kier alpha value is -2.57. The van der Waals surface area contributed by atoms with Crippen LogP contribution in [0.1, 0.15) is 71.1 Å². The van der Waals surface area contributed by atoms with E-state index in [1.165, 1.54) is 12.2 Å². The second-order valence-corrected chi connectivity index (χ2v) is 6.06. The molecule has 0 aliphatic rings. The Morgan fingerprint density at radius 1 is 0.778 bits per heavy atom. The second-order valence-electron chi connectivity index (χ2n) is 6.06. The highest BCUT2D eigenvalue weighted by Gasteiger charge is 2.13. The maximum absolute atomic E-state index is 11.1. The molecule has 0 radical (unpaired) electrons. The first-order valence-electron chi connectivity index (χ1n) is 9.43. The third kappa shape index (κ3) is 14.3. The van der Waals surface area contributed by atoms with Crippen LogP contribution in [-0.2, 0) is 4.79 Å². The number of unbranched alkanes of at least 4 members (excludes halogenated alkanes) is 5. The molecular weight excluding hydrogens is 348 g/mol. The first-order chi connectivity index (χ1) is 13.0. The van der Waals surface area contributed by atoms with E-state index >= 15 is 0 Å². The van der Waals surface area contributed by atoms with Gasteiger partial charge in [-0.15, -0.1) is 0 Å². The Labute approximate surface area is 160 Å². The van der Waals surface area contributed by atoms with E-state index in [-0.39, 0.29) is 24.2 Å². The lowest BCUT2D eigenvalue weighted by atomic mass is 10.1. The summed E-state index contributed by atoms with van der Waals surface area (Å²) in [6, 6.07) is 0. The van der Waals surface area contributed by atoms with Gasteiger partial charge in [-0.2, -0.15) is 0 Å². The summed E-state index contributed by atoms with van der Waals surface area (Å²) < 4.78 is 0. The largest absolute Gasteiger partial charge is 0.303 e. The van der Waals surface area contributed by atoms with Crippen LogP contribution in [0.2, 0.25) is 0 Å². The number of nitrogens with zero attached hydrogens (tertiary/aromatic N) is 2. The van der Waals surface area contributed by atoms with E-state index in [1.807, 2.05) is 12.2 Å². The van der Waals surface area contributed by atoms with Gasteiger partial charge < -0.3 is 4.79 Å². The number of rotatable bonds is 16. The number of hydrogen-bond donors (Lipinski definition) is 0. The molecule has 0 aromatic rings. The number of allylic oxidation sites excluding steroid dienone is 6. The van der Waals surface area contributed by atoms with E-state index in [9.17, 15) is 25.0 Å². The van der Waals surface area contributed by atoms with Gasteiger partial charge in [0.1, 0.15) is 6.29 Å². The molecule has 0 aliphatic heterocycles. The zero-order chi connectivity index (χ0) is 20.3. The second kappa shape index (κ2) is 16.9. The Morgan fingerprint density at radius 2 is 1.37 bits per heavy atom. The summed E-state index contributed by atoms with van der Waals surface area (Å²) >= 11 is 0. The highest BCUT2D eigenvalue weighted by Crippen LogP contribution is 2.11. The molecule has 150 valence electrons. The van der Waals surface area contributed by atoms with Crippen molar-refractivity contribution in [1.29, 1.82) is 0 Å². The van der Waals surface area contributed by atoms with E-state index in [1.54, 1.807) is 13.0 Å². The van der Waals surface area contributed by atoms with Crippen LogP contribution in [0.4, 0.5) is 0 Å². The first kappa shape index (κ1) is 24.4. The van der Waals surface area contributed by atoms with Crippen molar-refractivity contribution < 1.29 is 14.6 Å². The summed E-state index contributed by atoms with van der Waals surface area (Å²) in [6.07, 6.45) is 18.6. The molecule has 0 rings (SSSR count). The average molecular weight is 378 g/mol. The molecule has 0 aromatic heterocycles. The molecule has 0 aliphatic carbocycles. The molecule has 0 unspecified atom stereocenters. The fourth-order valence-electron chi connectivity index (χ4n) is 2.36. The highest BCUT2D eigenvalue weighted by molar-refractivity contribution is 5.48. The van der Waals surface area contributed by atoms with Gasteiger partial charge in [-0.3, -0.25) is 20.2 Å². The quantitative estimate of drug-likeness (QED) is 0.115. The molecule has 0 atom stereocenters. The van der Waals surface area contributed by atoms with Crippen LogP contribution in [0.5, 0.6) is 0 Å². The van der Waals surface area contributed by atoms with Crippen LogP contribution >= 0.6 is 0 Å². The van der Waals surface area contributed by atoms with Gasteiger partial charge in [-0.05, 0) is 44.3 Å². The predicted molar refractivity (Wildman–Crippen MR) is 106 cm³/mol. The van der Waals surface area contributed by atoms with E-state index < -0.39 is 9.85 Å². The van der Waals surface area contributed by atoms with Crippen molar-refractivity contribution in [3.05, 3.63) is 68.1 Å². The topological polar surface area (TPSA) is 103 Å². The number of nitro groups is 2. The van der Waals surface area contributed by atoms with Crippen molar-refractivity contribution in [3.63, 3.8) is 0 Å². The summed E-state index contributed by atoms with van der Waals surface area (Å²) in [6.45, 7) is 1.78. The number of aldehydes is 1. The third-order valence-electron chi connectivity index (χ3n) is 3.83. The van der Waals surface area contributed by atoms with Crippen molar-refractivity contribution in [3.8, 4) is 0 Å². The highest BCUT2D eigenvalue weighted by atomic mass is 16.6. The standard InChI is InChI=1S/C20H30N2O5/c1-2-14-19(21(24)25)16-17-20(22(26)27)15-12-10-8-6-4-3-5-7-9-11-13-18-23/h4,6,10,12,14,17-18H,2-3,5,7-9,11,13,15-16H2,1H3/b6-4-,12-10-,19-14+,20-17+. The minimum Gasteiger partial charge on any atom is -0.303 e. The Morgan fingerprint density at radius 3 is 1.96 bits per heavy atom. The monoisotopic (exact) mass is 378 g/mol. The van der Waals surface area contributed by atoms with Crippen LogP contribution in [-0.4, -0.2) is 16.1 Å². The van der Waals surface area contributed by atoms with Crippen LogP contribution in [0, 0.1) is 20.2 Å². The third-order valence-corrected chi connectivity index (χ3v) is 3.83. The van der Waals surface area contributed by atoms with Crippen LogP contribution < -0.4 is 0 Å². The fourth-order valence-corrected chi connectivity index (χ4v) is 2.36. The van der Waals surface area contributed by atoms with E-state index in [2.05, 4.69) is 6.08 Å². The van der Waals surface area contributed by atoms with Gasteiger partial charge in [0.05, 0.1) is 22.7 Å². The first-order valence-corrected chi connectivity index (χ1v) is 9.43. The smallest absolute Gasteiger partial charge is 0.246 e. The molecular formula is C20H30N2O5. The van der Waals surface area contributed by atoms with Gasteiger partial charge >= 0.3 is 0 Å². The summed E-state index contributed by atoms with van der Waals surface area (Å²) in [5.41, 5.74) is -0.0515. The number of carbonyl (C=O) groups is 1. The average Bonchev–Trinajstić information content (AvgIpc) is 2.63. The fraction of sp³-hybridized carbons (Fsp3) is 0.550. The van der Waals surface area contributed by atoms with Gasteiger partial charge in [0.15, 0.2) is 0 Å². The zero-order valence-electron chi connectivity index (χ0n) is 16.0. The van der Waals surface area contributed by atoms with Crippen molar-refractivity contribution in [1.82, 2.24) is 0 Å². The van der Waals surface area contributed by atoms with Crippen molar-refractivity contribution >= 4 is 6.29 Å². The van der Waals surface area contributed by atoms with Gasteiger partial charge in [0.2, 0.25) is 11.4 Å². The van der Waals surface area contributed by atoms with Crippen molar-refractivity contribution in [2.24, 2.45) is 0 Å². The number of hydrogen-bond acceptors (Lipinski definition) is 5. The predicted octanol–water partition coefficient (Wildman–Crippen LogP) is 5.54. The molecule has 0 N–H and O–H groups in total. The SMILES string of the molecule is CC/C=C(\C/C=C(\C/C=C\C/C=C\CCCCCCC=O)[N+](=O)[O-])[N+](=O)[O-]. The van der Waals surface area contributed by atoms with Gasteiger partial charge in [-0.25, -0.2) is 0 Å².